The Morgan fingerprint density at radius 1 is 0.176 bits per heavy atom. The van der Waals surface area contributed by atoms with Crippen LogP contribution in [0, 0.1) is 7.14 Å². The van der Waals surface area contributed by atoms with Gasteiger partial charge in [0.15, 0.2) is 0 Å². The average Bonchev–Trinajstić information content (AvgIpc) is 1.53. The summed E-state index contributed by atoms with van der Waals surface area (Å²) in [6, 6.07) is 109. The molecule has 0 radical (unpaired) electrons. The summed E-state index contributed by atoms with van der Waals surface area (Å²) in [4.78, 5) is 5.00. The van der Waals surface area contributed by atoms with Crippen LogP contribution in [-0.4, -0.2) is 0 Å². The van der Waals surface area contributed by atoms with E-state index in [1.165, 1.54) is 387 Å². The van der Waals surface area contributed by atoms with Gasteiger partial charge in [-0.15, -0.1) is 0 Å². The van der Waals surface area contributed by atoms with E-state index in [1.807, 2.05) is 0 Å². The van der Waals surface area contributed by atoms with E-state index in [4.69, 9.17) is 0 Å². The molecule has 0 atom stereocenters. The lowest BCUT2D eigenvalue weighted by molar-refractivity contribution is 0.397. The smallest absolute Gasteiger partial charge is 0.0465 e. The Labute approximate surface area is 883 Å². The van der Waals surface area contributed by atoms with E-state index >= 15 is 0 Å². The van der Waals surface area contributed by atoms with Gasteiger partial charge in [0.1, 0.15) is 0 Å². The standard InChI is InChI=1S/C138H158I2N2/c1-9-17-25-45-85-135(86-46-26-18-10-2)125-93-107(75-81-117(125)121-99-131-123(101-129(121)135)119-83-79-115(141(111-53-37-33-38-54-111)112-55-39-34-40-56-112)97-127(119)137(131,89-49-29-21-13-5)90-50-30-22-14-6)71-69-103-61-65-105(66-62-103)73-77-109-95-134(140)110(96-133(109)139)78-74-106-67-63-104(64-68-106)70-72-108-76-82-118-122-100-132-124(102-130(122)136(126(118)94-108,87-47-27-19-11-3)88-48-28-20-12-4)120-84-80-116(142(113-57-41-35-42-58-113)114-59-43-36-44-60-114)98-128(120)138(132,91-51-31-23-15-7)92-52-32-24-16-8/h33-44,53-84,93-102H,9-32,45-52,85-92H2,1-8H3/b71-69+,72-70+,77-73+,78-74+. The highest BCUT2D eigenvalue weighted by Gasteiger charge is 2.51. The molecule has 734 valence electrons. The molecule has 17 rings (SSSR count). The monoisotopic (exact) mass is 2100 g/mol. The minimum atomic E-state index is -0.0892. The normalized spacial score (nSPS) is 14.1. The molecule has 4 aliphatic rings. The van der Waals surface area contributed by atoms with Crippen LogP contribution in [0.2, 0.25) is 0 Å². The van der Waals surface area contributed by atoms with Gasteiger partial charge in [-0.3, -0.25) is 0 Å². The molecule has 0 fully saturated rings. The van der Waals surface area contributed by atoms with E-state index in [9.17, 15) is 0 Å². The van der Waals surface area contributed by atoms with Crippen molar-refractivity contribution in [1.82, 2.24) is 0 Å². The van der Waals surface area contributed by atoms with Crippen LogP contribution >= 0.6 is 45.2 Å². The van der Waals surface area contributed by atoms with Crippen LogP contribution in [0.25, 0.3) is 93.1 Å². The van der Waals surface area contributed by atoms with E-state index in [1.54, 1.807) is 44.5 Å². The topological polar surface area (TPSA) is 6.48 Å². The van der Waals surface area contributed by atoms with E-state index in [0.29, 0.717) is 0 Å². The third-order valence-corrected chi connectivity index (χ3v) is 34.6. The first kappa shape index (κ1) is 103. The maximum absolute atomic E-state index is 2.81. The first-order valence-electron chi connectivity index (χ1n) is 56.0. The zero-order valence-corrected chi connectivity index (χ0v) is 91.4. The van der Waals surface area contributed by atoms with Crippen molar-refractivity contribution in [2.45, 2.75) is 334 Å². The van der Waals surface area contributed by atoms with Gasteiger partial charge in [0, 0.05) is 62.9 Å². The number of hydrogen-bond donors (Lipinski definition) is 0. The van der Waals surface area contributed by atoms with Crippen LogP contribution in [0.4, 0.5) is 34.1 Å². The van der Waals surface area contributed by atoms with E-state index < -0.39 is 0 Å². The van der Waals surface area contributed by atoms with Gasteiger partial charge in [0.2, 0.25) is 0 Å². The maximum Gasteiger partial charge on any atom is 0.0465 e. The van der Waals surface area contributed by atoms with E-state index in [-0.39, 0.29) is 21.7 Å². The Bertz CT molecular complexity index is 5910. The molecule has 0 spiro atoms. The van der Waals surface area contributed by atoms with Gasteiger partial charge in [0.25, 0.3) is 0 Å². The molecule has 0 unspecified atom stereocenters. The Balaban J connectivity index is 0.614. The molecule has 13 aromatic rings. The maximum atomic E-state index is 2.81. The molecular weight excluding hydrogens is 1940 g/mol. The van der Waals surface area contributed by atoms with Crippen molar-refractivity contribution in [3.63, 3.8) is 0 Å². The molecule has 0 heterocycles. The summed E-state index contributed by atoms with van der Waals surface area (Å²) < 4.78 is 2.48. The van der Waals surface area contributed by atoms with Gasteiger partial charge >= 0.3 is 0 Å². The molecule has 0 amide bonds. The van der Waals surface area contributed by atoms with Gasteiger partial charge in [-0.1, -0.05) is 479 Å². The number of nitrogens with zero attached hydrogens (tertiary/aromatic N) is 2. The van der Waals surface area contributed by atoms with Gasteiger partial charge < -0.3 is 9.80 Å². The van der Waals surface area contributed by atoms with Crippen molar-refractivity contribution in [1.29, 1.82) is 0 Å². The molecule has 0 saturated carbocycles. The Kier molecular flexibility index (Phi) is 36.5. The number of unbranched alkanes of at least 4 members (excludes halogenated alkanes) is 24. The molecule has 2 nitrogen and oxygen atoms in total. The first-order valence-corrected chi connectivity index (χ1v) is 58.2. The second-order valence-corrected chi connectivity index (χ2v) is 44.7. The number of fused-ring (bicyclic) bond motifs is 12. The fourth-order valence-electron chi connectivity index (χ4n) is 25.2. The number of halogens is 2. The SMILES string of the molecule is CCCCCCC1(CCCCCC)c2cc(/C=C/c3ccc(/C=C/c4cc(I)c(/C=C/c5ccc(/C=C/c6ccc7c(c6)C(CCCCCC)(CCCCCC)c6cc8c(cc6-7)C(CCCCCC)(CCCCCC)c6cc(N(c7ccccc7)c7ccccc7)ccc6-8)cc5)cc4I)cc3)ccc2-c2cc3c(cc21)-c1ccc(N(c2ccccc2)c2ccccc2)cc1C3(CCCCCC)CCCCCC. The third-order valence-electron chi connectivity index (χ3n) is 32.8. The molecule has 0 saturated heterocycles. The second-order valence-electron chi connectivity index (χ2n) is 42.3. The van der Waals surface area contributed by atoms with Crippen LogP contribution in [-0.2, 0) is 21.7 Å². The quantitative estimate of drug-likeness (QED) is 0.0213. The minimum Gasteiger partial charge on any atom is -0.310 e. The van der Waals surface area contributed by atoms with Crippen molar-refractivity contribution < 1.29 is 0 Å². The summed E-state index contributed by atoms with van der Waals surface area (Å²) in [5.41, 5.74) is 41.4. The summed E-state index contributed by atoms with van der Waals surface area (Å²) in [6.07, 6.45) is 68.4. The lowest BCUT2D eigenvalue weighted by atomic mass is 9.68. The fourth-order valence-corrected chi connectivity index (χ4v) is 26.5. The summed E-state index contributed by atoms with van der Waals surface area (Å²) in [5.74, 6) is 0. The zero-order chi connectivity index (χ0) is 98.1. The molecule has 142 heavy (non-hydrogen) atoms. The second kappa shape index (κ2) is 50.1. The van der Waals surface area contributed by atoms with Crippen LogP contribution in [0.3, 0.4) is 0 Å². The zero-order valence-electron chi connectivity index (χ0n) is 87.1. The molecule has 0 aromatic heterocycles. The number of hydrogen-bond acceptors (Lipinski definition) is 2. The molecular formula is C138H158I2N2. The summed E-state index contributed by atoms with van der Waals surface area (Å²) in [7, 11) is 0. The van der Waals surface area contributed by atoms with Gasteiger partial charge in [0.05, 0.1) is 0 Å². The molecule has 0 N–H and O–H groups in total. The van der Waals surface area contributed by atoms with Gasteiger partial charge in [-0.25, -0.2) is 0 Å². The summed E-state index contributed by atoms with van der Waals surface area (Å²) in [5, 5.41) is 0. The van der Waals surface area contributed by atoms with Gasteiger partial charge in [-0.2, -0.15) is 0 Å². The lowest BCUT2D eigenvalue weighted by Crippen LogP contribution is -2.27. The number of rotatable bonds is 54. The highest BCUT2D eigenvalue weighted by Crippen LogP contribution is 2.65. The molecule has 0 aliphatic heterocycles. The Hall–Kier alpha value is -10.1. The van der Waals surface area contributed by atoms with Crippen LogP contribution in [0.15, 0.2) is 279 Å². The molecule has 0 bridgehead atoms. The number of anilines is 6. The van der Waals surface area contributed by atoms with Gasteiger partial charge in [-0.05, 0) is 339 Å². The molecule has 13 aromatic carbocycles. The van der Waals surface area contributed by atoms with Crippen LogP contribution < -0.4 is 9.80 Å². The van der Waals surface area contributed by atoms with Crippen LogP contribution in [0.1, 0.15) is 401 Å². The minimum absolute atomic E-state index is 0.0694. The van der Waals surface area contributed by atoms with E-state index in [2.05, 4.69) is 438 Å². The Morgan fingerprint density at radius 3 is 0.606 bits per heavy atom. The number of para-hydroxylation sites is 4. The fraction of sp³-hybridized carbons (Fsp3) is 0.377. The summed E-state index contributed by atoms with van der Waals surface area (Å²) >= 11 is 5.09. The highest BCUT2D eigenvalue weighted by molar-refractivity contribution is 14.1. The van der Waals surface area contributed by atoms with Crippen molar-refractivity contribution >= 4 is 128 Å². The molecule has 4 heteroatoms. The van der Waals surface area contributed by atoms with Crippen molar-refractivity contribution in [2.75, 3.05) is 9.80 Å². The third kappa shape index (κ3) is 23.1. The predicted octanol–water partition coefficient (Wildman–Crippen LogP) is 43.3. The predicted molar refractivity (Wildman–Crippen MR) is 638 cm³/mol. The molecule has 4 aliphatic carbocycles. The number of benzene rings is 13. The first-order chi connectivity index (χ1) is 69.8. The van der Waals surface area contributed by atoms with E-state index in [0.717, 1.165) is 0 Å². The highest BCUT2D eigenvalue weighted by atomic mass is 127. The largest absolute Gasteiger partial charge is 0.310 e. The van der Waals surface area contributed by atoms with Crippen molar-refractivity contribution in [2.24, 2.45) is 0 Å². The lowest BCUT2D eigenvalue weighted by Gasteiger charge is -2.35. The van der Waals surface area contributed by atoms with Crippen molar-refractivity contribution in [3.05, 3.63) is 375 Å². The average molecular weight is 2100 g/mol. The van der Waals surface area contributed by atoms with Crippen molar-refractivity contribution in [3.8, 4) is 44.5 Å². The Morgan fingerprint density at radius 2 is 0.373 bits per heavy atom. The summed E-state index contributed by atoms with van der Waals surface area (Å²) in [6.45, 7) is 19.0. The van der Waals surface area contributed by atoms with Crippen LogP contribution in [0.5, 0.6) is 0 Å².